The molecule has 69 heavy (non-hydrogen) atoms. The number of nitrogens with zero attached hydrogens (tertiary/aromatic N) is 1. The smallest absolute Gasteiger partial charge is 0.310 e. The quantitative estimate of drug-likeness (QED) is 0.0912. The van der Waals surface area contributed by atoms with E-state index in [4.69, 9.17) is 15.2 Å². The lowest BCUT2D eigenvalue weighted by atomic mass is 9.31. The van der Waals surface area contributed by atoms with Gasteiger partial charge in [0.2, 0.25) is 5.91 Å². The highest BCUT2D eigenvalue weighted by Gasteiger charge is 2.76. The molecule has 12 N–H and O–H groups in total. The van der Waals surface area contributed by atoms with Gasteiger partial charge >= 0.3 is 5.97 Å². The second kappa shape index (κ2) is 16.9. The molecule has 16 heteroatoms. The van der Waals surface area contributed by atoms with Crippen LogP contribution in [0.15, 0.2) is 36.3 Å². The molecule has 3 heterocycles. The Morgan fingerprint density at radius 1 is 0.942 bits per heavy atom. The average Bonchev–Trinajstić information content (AvgIpc) is 4.10. The van der Waals surface area contributed by atoms with E-state index < -0.39 is 110 Å². The molecule has 0 aromatic carbocycles. The first kappa shape index (κ1) is 49.8. The van der Waals surface area contributed by atoms with Crippen molar-refractivity contribution in [1.82, 2.24) is 15.3 Å². The number of hydrogen-bond donors (Lipinski definition) is 11. The third-order valence-corrected chi connectivity index (χ3v) is 22.5. The van der Waals surface area contributed by atoms with Crippen LogP contribution in [0.2, 0.25) is 0 Å². The predicted molar refractivity (Wildman–Crippen MR) is 251 cm³/mol. The Morgan fingerprint density at radius 3 is 2.32 bits per heavy atom. The molecule has 7 fully saturated rings. The summed E-state index contributed by atoms with van der Waals surface area (Å²) in [6, 6.07) is -0.489. The Hall–Kier alpha value is -2.77. The van der Waals surface area contributed by atoms with Crippen molar-refractivity contribution < 1.29 is 59.9 Å². The SMILES string of the molecule is CC1(CO)CCC2(C(=O)O)CCC3(C)C(=CCC4C5(C)C(C6C=CC(CCC(N)O)(c7cnc[nH]7)C7NC(=O)C8(CCCC8)C67)C(O)C(OC6OCC(O)C(O)C6O)C(C)(CO)C5CCC43C)C2C1. The number of aromatic amines is 1. The molecule has 0 bridgehead atoms. The van der Waals surface area contributed by atoms with Gasteiger partial charge in [0.15, 0.2) is 6.29 Å². The zero-order valence-electron chi connectivity index (χ0n) is 41.2. The maximum absolute atomic E-state index is 15.0. The number of imidazole rings is 1. The molecule has 1 spiro atoms. The molecule has 21 atom stereocenters. The number of allylic oxidation sites excluding steroid dienone is 3. The highest BCUT2D eigenvalue weighted by Crippen LogP contribution is 2.78. The number of amides is 1. The van der Waals surface area contributed by atoms with Gasteiger partial charge in [-0.3, -0.25) is 9.59 Å². The summed E-state index contributed by atoms with van der Waals surface area (Å²) in [5.41, 5.74) is 2.31. The lowest BCUT2D eigenvalue weighted by Crippen LogP contribution is -2.74. The largest absolute Gasteiger partial charge is 0.481 e. The number of hydrogen-bond acceptors (Lipinski definition) is 13. The van der Waals surface area contributed by atoms with Gasteiger partial charge in [-0.25, -0.2) is 4.98 Å². The fraction of sp³-hybridized carbons (Fsp3) is 0.830. The summed E-state index contributed by atoms with van der Waals surface area (Å²) < 4.78 is 12.7. The summed E-state index contributed by atoms with van der Waals surface area (Å²) in [4.78, 5) is 36.4. The molecule has 2 saturated heterocycles. The van der Waals surface area contributed by atoms with E-state index in [-0.39, 0.29) is 55.8 Å². The molecule has 1 aromatic heterocycles. The summed E-state index contributed by atoms with van der Waals surface area (Å²) in [5.74, 6) is -2.86. The molecule has 16 nitrogen and oxygen atoms in total. The average molecular weight is 965 g/mol. The van der Waals surface area contributed by atoms with Gasteiger partial charge in [0.1, 0.15) is 24.5 Å². The third-order valence-electron chi connectivity index (χ3n) is 22.5. The first-order valence-corrected chi connectivity index (χ1v) is 26.2. The molecule has 2 aliphatic heterocycles. The van der Waals surface area contributed by atoms with Crippen LogP contribution in [0.4, 0.5) is 0 Å². The van der Waals surface area contributed by atoms with Gasteiger partial charge in [-0.05, 0) is 128 Å². The standard InChI is InChI=1S/C53H80N4O12/c1-46(25-58)18-20-51(45(66)67)21-19-48(3)29(30(51)22-46)8-9-33-49(48,4)15-11-32-47(2,26-59)42(69-43-40(64)38(62)31(60)24-68-43)39(63)36(50(32,33)5)28-10-16-52(17-12-35(54)61,34-23-55-27-56-34)41-37(28)53(44(65)57-41)13-6-7-14-53/h8,10,16,23,27-28,30-33,35-43,58-64H,6-7,9,11-15,17-22,24-26,54H2,1-5H3,(H,55,56)(H,57,65)(H,66,67). The van der Waals surface area contributed by atoms with Crippen LogP contribution in [0.3, 0.4) is 0 Å². The number of nitrogens with two attached hydrogens (primary N) is 1. The Kier molecular flexibility index (Phi) is 12.2. The summed E-state index contributed by atoms with van der Waals surface area (Å²) in [6.45, 7) is 10.4. The summed E-state index contributed by atoms with van der Waals surface area (Å²) in [5, 5.41) is 94.3. The van der Waals surface area contributed by atoms with E-state index in [1.54, 1.807) is 12.5 Å². The first-order chi connectivity index (χ1) is 32.6. The molecule has 21 unspecified atom stereocenters. The van der Waals surface area contributed by atoms with Crippen LogP contribution in [0.25, 0.3) is 0 Å². The van der Waals surface area contributed by atoms with Gasteiger partial charge in [0, 0.05) is 35.9 Å². The van der Waals surface area contributed by atoms with Crippen LogP contribution >= 0.6 is 0 Å². The van der Waals surface area contributed by atoms with Crippen molar-refractivity contribution in [3.63, 3.8) is 0 Å². The van der Waals surface area contributed by atoms with Crippen LogP contribution in [0.5, 0.6) is 0 Å². The Bertz CT molecular complexity index is 2200. The number of rotatable bonds is 10. The highest BCUT2D eigenvalue weighted by atomic mass is 16.7. The second-order valence-corrected chi connectivity index (χ2v) is 25.2. The minimum Gasteiger partial charge on any atom is -0.481 e. The molecule has 384 valence electrons. The number of fused-ring (bicyclic) bond motifs is 9. The van der Waals surface area contributed by atoms with Crippen LogP contribution in [-0.2, 0) is 24.5 Å². The number of aromatic nitrogens is 2. The van der Waals surface area contributed by atoms with Crippen LogP contribution < -0.4 is 11.1 Å². The van der Waals surface area contributed by atoms with E-state index in [0.29, 0.717) is 64.2 Å². The highest BCUT2D eigenvalue weighted by molar-refractivity contribution is 5.87. The Morgan fingerprint density at radius 2 is 1.67 bits per heavy atom. The van der Waals surface area contributed by atoms with Gasteiger partial charge in [0.05, 0.1) is 48.0 Å². The number of carboxylic acids is 1. The zero-order valence-corrected chi connectivity index (χ0v) is 41.2. The van der Waals surface area contributed by atoms with E-state index in [9.17, 15) is 45.6 Å². The molecular weight excluding hydrogens is 885 g/mol. The number of aliphatic hydroxyl groups is 7. The van der Waals surface area contributed by atoms with Crippen molar-refractivity contribution in [2.24, 2.45) is 79.1 Å². The molecule has 0 radical (unpaired) electrons. The van der Waals surface area contributed by atoms with Crippen molar-refractivity contribution in [2.75, 3.05) is 19.8 Å². The number of aliphatic hydroxyl groups excluding tert-OH is 7. The lowest BCUT2D eigenvalue weighted by molar-refractivity contribution is -0.343. The molecule has 5 saturated carbocycles. The molecular formula is C53H80N4O12. The maximum Gasteiger partial charge on any atom is 0.310 e. The molecule has 1 aromatic rings. The van der Waals surface area contributed by atoms with E-state index in [0.717, 1.165) is 25.0 Å². The predicted octanol–water partition coefficient (Wildman–Crippen LogP) is 3.42. The van der Waals surface area contributed by atoms with Crippen molar-refractivity contribution >= 4 is 11.9 Å². The minimum atomic E-state index is -1.64. The first-order valence-electron chi connectivity index (χ1n) is 26.2. The van der Waals surface area contributed by atoms with Crippen molar-refractivity contribution in [3.05, 3.63) is 42.0 Å². The number of ether oxygens (including phenoxy) is 2. The molecule has 7 aliphatic carbocycles. The number of carboxylic acid groups (broad SMARTS) is 1. The zero-order chi connectivity index (χ0) is 49.5. The van der Waals surface area contributed by atoms with E-state index in [1.165, 1.54) is 5.57 Å². The topological polar surface area (TPSA) is 281 Å². The maximum atomic E-state index is 15.0. The van der Waals surface area contributed by atoms with Crippen molar-refractivity contribution in [1.29, 1.82) is 0 Å². The third kappa shape index (κ3) is 6.70. The van der Waals surface area contributed by atoms with Crippen LogP contribution in [-0.4, -0.2) is 132 Å². The summed E-state index contributed by atoms with van der Waals surface area (Å²) in [6.07, 6.45) is 9.15. The number of carbonyl (C=O) groups is 2. The number of carbonyl (C=O) groups excluding carboxylic acids is 1. The second-order valence-electron chi connectivity index (χ2n) is 25.2. The summed E-state index contributed by atoms with van der Waals surface area (Å²) >= 11 is 0. The monoisotopic (exact) mass is 965 g/mol. The van der Waals surface area contributed by atoms with E-state index in [1.807, 2.05) is 6.92 Å². The fourth-order valence-corrected chi connectivity index (χ4v) is 18.6. The van der Waals surface area contributed by atoms with Crippen LogP contribution in [0.1, 0.15) is 130 Å². The van der Waals surface area contributed by atoms with Crippen molar-refractivity contribution in [3.8, 4) is 0 Å². The fourth-order valence-electron chi connectivity index (χ4n) is 18.6. The molecule has 1 amide bonds. The summed E-state index contributed by atoms with van der Waals surface area (Å²) in [7, 11) is 0. The molecule has 10 rings (SSSR count). The Labute approximate surface area is 405 Å². The van der Waals surface area contributed by atoms with Gasteiger partial charge in [0.25, 0.3) is 0 Å². The lowest BCUT2D eigenvalue weighted by Gasteiger charge is -2.74. The Balaban J connectivity index is 1.17. The van der Waals surface area contributed by atoms with Gasteiger partial charge in [-0.15, -0.1) is 0 Å². The van der Waals surface area contributed by atoms with Gasteiger partial charge in [-0.2, -0.15) is 0 Å². The van der Waals surface area contributed by atoms with Gasteiger partial charge in [-0.1, -0.05) is 71.3 Å². The van der Waals surface area contributed by atoms with E-state index in [2.05, 4.69) is 61.2 Å². The van der Waals surface area contributed by atoms with Crippen LogP contribution in [0, 0.1) is 73.4 Å². The number of nitrogens with one attached hydrogen (secondary N) is 2. The van der Waals surface area contributed by atoms with E-state index >= 15 is 4.79 Å². The number of aliphatic carboxylic acids is 1. The van der Waals surface area contributed by atoms with Gasteiger partial charge < -0.3 is 66.4 Å². The van der Waals surface area contributed by atoms with Crippen molar-refractivity contribution in [2.45, 2.75) is 179 Å². The number of H-pyrrole nitrogens is 1. The molecule has 9 aliphatic rings. The normalized spacial score (nSPS) is 51.3. The minimum absolute atomic E-state index is 0.0156.